The molecule has 25 heavy (non-hydrogen) atoms. The zero-order valence-electron chi connectivity index (χ0n) is 13.5. The van der Waals surface area contributed by atoms with Crippen molar-refractivity contribution in [2.24, 2.45) is 0 Å². The van der Waals surface area contributed by atoms with Gasteiger partial charge in [-0.15, -0.1) is 0 Å². The number of aromatic carboxylic acids is 1. The maximum atomic E-state index is 11.7. The normalized spacial score (nSPS) is 11.1. The maximum Gasteiger partial charge on any atom is 0.336 e. The number of nitrogens with zero attached hydrogens (tertiary/aromatic N) is 1. The Bertz CT molecular complexity index is 1060. The third-order valence-electron chi connectivity index (χ3n) is 4.00. The number of carboxylic acid groups (broad SMARTS) is 1. The summed E-state index contributed by atoms with van der Waals surface area (Å²) < 4.78 is 11.3. The number of furan rings is 1. The number of rotatable bonds is 4. The van der Waals surface area contributed by atoms with Crippen LogP contribution in [-0.4, -0.2) is 22.7 Å². The number of aromatic nitrogens is 1. The second-order valence-electron chi connectivity index (χ2n) is 5.62. The first-order valence-electron chi connectivity index (χ1n) is 7.95. The molecule has 5 heteroatoms. The molecule has 2 heterocycles. The Kier molecular flexibility index (Phi) is 3.61. The van der Waals surface area contributed by atoms with Crippen LogP contribution in [0.5, 0.6) is 5.75 Å². The van der Waals surface area contributed by atoms with E-state index >= 15 is 0 Å². The predicted octanol–water partition coefficient (Wildman–Crippen LogP) is 4.74. The van der Waals surface area contributed by atoms with Crippen LogP contribution in [0.15, 0.2) is 59.0 Å². The molecule has 0 spiro atoms. The van der Waals surface area contributed by atoms with E-state index in [1.54, 1.807) is 18.2 Å². The van der Waals surface area contributed by atoms with E-state index in [2.05, 4.69) is 4.98 Å². The van der Waals surface area contributed by atoms with Crippen molar-refractivity contribution < 1.29 is 19.1 Å². The number of para-hydroxylation sites is 1. The fourth-order valence-electron chi connectivity index (χ4n) is 2.87. The summed E-state index contributed by atoms with van der Waals surface area (Å²) in [5.74, 6) is 0.147. The van der Waals surface area contributed by atoms with Gasteiger partial charge in [-0.25, -0.2) is 9.78 Å². The van der Waals surface area contributed by atoms with Crippen molar-refractivity contribution >= 4 is 27.8 Å². The predicted molar refractivity (Wildman–Crippen MR) is 95.1 cm³/mol. The lowest BCUT2D eigenvalue weighted by Crippen LogP contribution is -2.01. The van der Waals surface area contributed by atoms with Crippen molar-refractivity contribution in [2.75, 3.05) is 6.61 Å². The Morgan fingerprint density at radius 2 is 2.00 bits per heavy atom. The van der Waals surface area contributed by atoms with Crippen LogP contribution in [-0.2, 0) is 0 Å². The monoisotopic (exact) mass is 333 g/mol. The van der Waals surface area contributed by atoms with Crippen LogP contribution in [0, 0.1) is 0 Å². The number of ether oxygens (including phenoxy) is 1. The van der Waals surface area contributed by atoms with E-state index in [-0.39, 0.29) is 5.56 Å². The second-order valence-corrected chi connectivity index (χ2v) is 5.62. The van der Waals surface area contributed by atoms with Crippen LogP contribution in [0.1, 0.15) is 17.3 Å². The molecule has 2 aromatic carbocycles. The number of hydrogen-bond donors (Lipinski definition) is 1. The number of pyridine rings is 1. The number of fused-ring (bicyclic) bond motifs is 2. The quantitative estimate of drug-likeness (QED) is 0.584. The van der Waals surface area contributed by atoms with Crippen LogP contribution in [0.25, 0.3) is 33.3 Å². The molecule has 4 rings (SSSR count). The van der Waals surface area contributed by atoms with Crippen molar-refractivity contribution in [2.45, 2.75) is 6.92 Å². The lowest BCUT2D eigenvalue weighted by Gasteiger charge is -2.08. The zero-order valence-corrected chi connectivity index (χ0v) is 13.5. The van der Waals surface area contributed by atoms with Gasteiger partial charge in [-0.1, -0.05) is 18.2 Å². The minimum absolute atomic E-state index is 0.169. The molecule has 0 radical (unpaired) electrons. The standard InChI is InChI=1S/C20H15NO4/c1-2-24-13-7-8-16-14(10-13)15(20(22)23)11-17(21-16)19-9-12-5-3-4-6-18(12)25-19/h3-11H,2H2,1H3,(H,22,23). The minimum atomic E-state index is -1.02. The van der Waals surface area contributed by atoms with Gasteiger partial charge < -0.3 is 14.3 Å². The summed E-state index contributed by atoms with van der Waals surface area (Å²) in [6.07, 6.45) is 0. The molecule has 0 aliphatic carbocycles. The first-order valence-corrected chi connectivity index (χ1v) is 7.95. The van der Waals surface area contributed by atoms with E-state index in [9.17, 15) is 9.90 Å². The van der Waals surface area contributed by atoms with Crippen LogP contribution in [0.3, 0.4) is 0 Å². The van der Waals surface area contributed by atoms with Crippen LogP contribution in [0.4, 0.5) is 0 Å². The molecular weight excluding hydrogens is 318 g/mol. The van der Waals surface area contributed by atoms with Gasteiger partial charge in [0.25, 0.3) is 0 Å². The van der Waals surface area contributed by atoms with E-state index in [1.807, 2.05) is 37.3 Å². The summed E-state index contributed by atoms with van der Waals surface area (Å²) in [4.78, 5) is 16.3. The SMILES string of the molecule is CCOc1ccc2nc(-c3cc4ccccc4o3)cc(C(=O)O)c2c1. The summed E-state index contributed by atoms with van der Waals surface area (Å²) in [6.45, 7) is 2.39. The van der Waals surface area contributed by atoms with Gasteiger partial charge in [0, 0.05) is 10.8 Å². The minimum Gasteiger partial charge on any atom is -0.494 e. The number of carboxylic acids is 1. The van der Waals surface area contributed by atoms with E-state index in [0.717, 1.165) is 11.0 Å². The van der Waals surface area contributed by atoms with Gasteiger partial charge in [0.15, 0.2) is 5.76 Å². The Labute approximate surface area is 143 Å². The van der Waals surface area contributed by atoms with Gasteiger partial charge in [0.1, 0.15) is 17.0 Å². The summed E-state index contributed by atoms with van der Waals surface area (Å²) in [6, 6.07) is 16.3. The molecule has 124 valence electrons. The first kappa shape index (κ1) is 15.2. The fourth-order valence-corrected chi connectivity index (χ4v) is 2.87. The molecule has 0 aliphatic heterocycles. The highest BCUT2D eigenvalue weighted by Crippen LogP contribution is 2.31. The topological polar surface area (TPSA) is 72.6 Å². The van der Waals surface area contributed by atoms with Gasteiger partial charge in [0.2, 0.25) is 0 Å². The summed E-state index contributed by atoms with van der Waals surface area (Å²) in [5.41, 5.74) is 1.98. The molecule has 0 saturated heterocycles. The molecule has 0 aliphatic rings. The van der Waals surface area contributed by atoms with E-state index in [1.165, 1.54) is 6.07 Å². The second kappa shape index (κ2) is 5.94. The lowest BCUT2D eigenvalue weighted by molar-refractivity contribution is 0.0699. The molecular formula is C20H15NO4. The largest absolute Gasteiger partial charge is 0.494 e. The van der Waals surface area contributed by atoms with Gasteiger partial charge >= 0.3 is 5.97 Å². The van der Waals surface area contributed by atoms with Crippen molar-refractivity contribution in [3.63, 3.8) is 0 Å². The van der Waals surface area contributed by atoms with Crippen molar-refractivity contribution in [3.05, 3.63) is 60.2 Å². The summed E-state index contributed by atoms with van der Waals surface area (Å²) in [7, 11) is 0. The Morgan fingerprint density at radius 1 is 1.16 bits per heavy atom. The molecule has 1 N–H and O–H groups in total. The van der Waals surface area contributed by atoms with Crippen molar-refractivity contribution in [1.29, 1.82) is 0 Å². The average Bonchev–Trinajstić information content (AvgIpc) is 3.05. The Morgan fingerprint density at radius 3 is 2.76 bits per heavy atom. The number of carbonyl (C=O) groups is 1. The molecule has 0 bridgehead atoms. The van der Waals surface area contributed by atoms with Crippen LogP contribution in [0.2, 0.25) is 0 Å². The maximum absolute atomic E-state index is 11.7. The average molecular weight is 333 g/mol. The van der Waals surface area contributed by atoms with Gasteiger partial charge in [-0.05, 0) is 43.3 Å². The molecule has 5 nitrogen and oxygen atoms in total. The third-order valence-corrected chi connectivity index (χ3v) is 4.00. The Hall–Kier alpha value is -3.34. The van der Waals surface area contributed by atoms with Crippen LogP contribution < -0.4 is 4.74 Å². The first-order chi connectivity index (χ1) is 12.2. The molecule has 4 aromatic rings. The molecule has 0 saturated carbocycles. The highest BCUT2D eigenvalue weighted by molar-refractivity contribution is 6.04. The number of benzene rings is 2. The van der Waals surface area contributed by atoms with Crippen LogP contribution >= 0.6 is 0 Å². The third kappa shape index (κ3) is 2.70. The van der Waals surface area contributed by atoms with Gasteiger partial charge in [-0.3, -0.25) is 0 Å². The van der Waals surface area contributed by atoms with E-state index < -0.39 is 5.97 Å². The summed E-state index contributed by atoms with van der Waals surface area (Å²) >= 11 is 0. The summed E-state index contributed by atoms with van der Waals surface area (Å²) in [5, 5.41) is 11.1. The van der Waals surface area contributed by atoms with Gasteiger partial charge in [0.05, 0.1) is 17.7 Å². The smallest absolute Gasteiger partial charge is 0.336 e. The lowest BCUT2D eigenvalue weighted by atomic mass is 10.1. The fraction of sp³-hybridized carbons (Fsp3) is 0.100. The number of hydrogen-bond acceptors (Lipinski definition) is 4. The molecule has 0 fully saturated rings. The van der Waals surface area contributed by atoms with E-state index in [4.69, 9.17) is 9.15 Å². The molecule has 0 amide bonds. The highest BCUT2D eigenvalue weighted by Gasteiger charge is 2.16. The zero-order chi connectivity index (χ0) is 17.4. The van der Waals surface area contributed by atoms with Crippen molar-refractivity contribution in [1.82, 2.24) is 4.98 Å². The highest BCUT2D eigenvalue weighted by atomic mass is 16.5. The van der Waals surface area contributed by atoms with Crippen molar-refractivity contribution in [3.8, 4) is 17.2 Å². The van der Waals surface area contributed by atoms with E-state index in [0.29, 0.717) is 34.7 Å². The molecule has 0 unspecified atom stereocenters. The molecule has 0 atom stereocenters. The Balaban J connectivity index is 1.92. The molecule has 2 aromatic heterocycles. The van der Waals surface area contributed by atoms with Gasteiger partial charge in [-0.2, -0.15) is 0 Å².